The van der Waals surface area contributed by atoms with Crippen molar-refractivity contribution in [2.45, 2.75) is 32.8 Å². The lowest BCUT2D eigenvalue weighted by Gasteiger charge is -2.17. The van der Waals surface area contributed by atoms with Gasteiger partial charge < -0.3 is 15.2 Å². The molecule has 5 nitrogen and oxygen atoms in total. The van der Waals surface area contributed by atoms with Gasteiger partial charge in [0.2, 0.25) is 0 Å². The Bertz CT molecular complexity index is 433. The van der Waals surface area contributed by atoms with Crippen LogP contribution in [0.1, 0.15) is 26.7 Å². The molecule has 2 unspecified atom stereocenters. The highest BCUT2D eigenvalue weighted by Gasteiger charge is 2.20. The molecule has 0 saturated carbocycles. The molecule has 1 aromatic rings. The van der Waals surface area contributed by atoms with E-state index in [2.05, 4.69) is 5.32 Å². The Morgan fingerprint density at radius 1 is 1.30 bits per heavy atom. The minimum Gasteiger partial charge on any atom is -0.481 e. The van der Waals surface area contributed by atoms with E-state index in [-0.39, 0.29) is 12.5 Å². The predicted octanol–water partition coefficient (Wildman–Crippen LogP) is 2.07. The molecule has 0 saturated heterocycles. The topological polar surface area (TPSA) is 75.6 Å². The molecule has 0 radical (unpaired) electrons. The van der Waals surface area contributed by atoms with Crippen molar-refractivity contribution < 1.29 is 19.4 Å². The lowest BCUT2D eigenvalue weighted by molar-refractivity contribution is -0.142. The minimum absolute atomic E-state index is 0.129. The molecule has 1 rings (SSSR count). The summed E-state index contributed by atoms with van der Waals surface area (Å²) in [5.74, 6) is -1.13. The van der Waals surface area contributed by atoms with Gasteiger partial charge in [-0.25, -0.2) is 0 Å². The molecule has 2 atom stereocenters. The second-order valence-electron chi connectivity index (χ2n) is 4.64. The first-order valence-corrected chi connectivity index (χ1v) is 6.76. The average Bonchev–Trinajstić information content (AvgIpc) is 2.43. The molecule has 0 aliphatic heterocycles. The number of ether oxygens (including phenoxy) is 1. The number of amides is 1. The number of carboxylic acids is 1. The Morgan fingerprint density at radius 2 is 1.95 bits per heavy atom. The van der Waals surface area contributed by atoms with Crippen LogP contribution in [-0.4, -0.2) is 29.6 Å². The maximum atomic E-state index is 11.8. The Labute approximate surface area is 118 Å². The van der Waals surface area contributed by atoms with Crippen LogP contribution in [0.25, 0.3) is 0 Å². The van der Waals surface area contributed by atoms with Gasteiger partial charge in [0, 0.05) is 6.54 Å². The first-order chi connectivity index (χ1) is 9.54. The molecule has 0 aromatic heterocycles. The van der Waals surface area contributed by atoms with Crippen LogP contribution in [-0.2, 0) is 9.59 Å². The summed E-state index contributed by atoms with van der Waals surface area (Å²) in [5, 5.41) is 11.6. The van der Waals surface area contributed by atoms with Crippen LogP contribution in [0.5, 0.6) is 5.75 Å². The summed E-state index contributed by atoms with van der Waals surface area (Å²) in [6.45, 7) is 3.68. The van der Waals surface area contributed by atoms with E-state index in [4.69, 9.17) is 9.84 Å². The summed E-state index contributed by atoms with van der Waals surface area (Å²) in [6, 6.07) is 9.03. The Balaban J connectivity index is 2.43. The van der Waals surface area contributed by atoms with Gasteiger partial charge in [0.1, 0.15) is 5.75 Å². The van der Waals surface area contributed by atoms with Crippen molar-refractivity contribution in [3.8, 4) is 5.75 Å². The van der Waals surface area contributed by atoms with Crippen LogP contribution < -0.4 is 10.1 Å². The van der Waals surface area contributed by atoms with E-state index in [1.807, 2.05) is 25.1 Å². The summed E-state index contributed by atoms with van der Waals surface area (Å²) in [4.78, 5) is 22.8. The van der Waals surface area contributed by atoms with Crippen molar-refractivity contribution in [1.82, 2.24) is 5.32 Å². The van der Waals surface area contributed by atoms with Crippen LogP contribution in [0, 0.1) is 5.92 Å². The van der Waals surface area contributed by atoms with Crippen molar-refractivity contribution in [2.24, 2.45) is 5.92 Å². The maximum absolute atomic E-state index is 11.8. The number of aliphatic carboxylic acids is 1. The molecule has 1 aromatic carbocycles. The van der Waals surface area contributed by atoms with Gasteiger partial charge in [0.15, 0.2) is 6.10 Å². The SMILES string of the molecule is CCCC(CNC(=O)C(C)Oc1ccccc1)C(=O)O. The highest BCUT2D eigenvalue weighted by Crippen LogP contribution is 2.11. The van der Waals surface area contributed by atoms with E-state index in [0.717, 1.165) is 6.42 Å². The van der Waals surface area contributed by atoms with E-state index < -0.39 is 18.0 Å². The summed E-state index contributed by atoms with van der Waals surface area (Å²) in [6.07, 6.45) is 0.653. The number of benzene rings is 1. The van der Waals surface area contributed by atoms with E-state index in [1.165, 1.54) is 0 Å². The van der Waals surface area contributed by atoms with E-state index in [0.29, 0.717) is 12.2 Å². The fourth-order valence-corrected chi connectivity index (χ4v) is 1.79. The second-order valence-corrected chi connectivity index (χ2v) is 4.64. The number of hydrogen-bond acceptors (Lipinski definition) is 3. The third kappa shape index (κ3) is 5.30. The quantitative estimate of drug-likeness (QED) is 0.764. The number of rotatable bonds is 8. The van der Waals surface area contributed by atoms with Crippen LogP contribution in [0.3, 0.4) is 0 Å². The second kappa shape index (κ2) is 8.19. The number of carbonyl (C=O) groups is 2. The minimum atomic E-state index is -0.885. The summed E-state index contributed by atoms with van der Waals surface area (Å²) in [5.41, 5.74) is 0. The smallest absolute Gasteiger partial charge is 0.308 e. The maximum Gasteiger partial charge on any atom is 0.308 e. The van der Waals surface area contributed by atoms with Gasteiger partial charge >= 0.3 is 5.97 Å². The number of hydrogen-bond donors (Lipinski definition) is 2. The number of carboxylic acid groups (broad SMARTS) is 1. The Kier molecular flexibility index (Phi) is 6.56. The third-order valence-electron chi connectivity index (χ3n) is 2.93. The van der Waals surface area contributed by atoms with Crippen molar-refractivity contribution in [1.29, 1.82) is 0 Å². The first kappa shape index (κ1) is 16.0. The fourth-order valence-electron chi connectivity index (χ4n) is 1.79. The van der Waals surface area contributed by atoms with E-state index >= 15 is 0 Å². The zero-order chi connectivity index (χ0) is 15.0. The standard InChI is InChI=1S/C15H21NO4/c1-3-7-12(15(18)19)10-16-14(17)11(2)20-13-8-5-4-6-9-13/h4-6,8-9,11-12H,3,7,10H2,1-2H3,(H,16,17)(H,18,19). The van der Waals surface area contributed by atoms with Crippen LogP contribution in [0.4, 0.5) is 0 Å². The zero-order valence-electron chi connectivity index (χ0n) is 11.8. The van der Waals surface area contributed by atoms with Gasteiger partial charge in [0.25, 0.3) is 5.91 Å². The molecule has 0 aliphatic carbocycles. The Morgan fingerprint density at radius 3 is 2.50 bits per heavy atom. The van der Waals surface area contributed by atoms with Gasteiger partial charge in [0.05, 0.1) is 5.92 Å². The summed E-state index contributed by atoms with van der Waals surface area (Å²) < 4.78 is 5.47. The van der Waals surface area contributed by atoms with E-state index in [1.54, 1.807) is 19.1 Å². The van der Waals surface area contributed by atoms with Gasteiger partial charge in [-0.1, -0.05) is 31.5 Å². The van der Waals surface area contributed by atoms with E-state index in [9.17, 15) is 9.59 Å². The Hall–Kier alpha value is -2.04. The molecule has 0 aliphatic rings. The number of carbonyl (C=O) groups excluding carboxylic acids is 1. The fraction of sp³-hybridized carbons (Fsp3) is 0.467. The number of para-hydroxylation sites is 1. The molecule has 20 heavy (non-hydrogen) atoms. The van der Waals surface area contributed by atoms with Gasteiger partial charge in [-0.3, -0.25) is 9.59 Å². The van der Waals surface area contributed by atoms with Crippen molar-refractivity contribution in [3.63, 3.8) is 0 Å². The molecule has 0 bridgehead atoms. The molecule has 110 valence electrons. The van der Waals surface area contributed by atoms with Crippen LogP contribution in [0.15, 0.2) is 30.3 Å². The predicted molar refractivity (Wildman–Crippen MR) is 75.6 cm³/mol. The normalized spacial score (nSPS) is 13.3. The van der Waals surface area contributed by atoms with Gasteiger partial charge in [-0.15, -0.1) is 0 Å². The van der Waals surface area contributed by atoms with Crippen molar-refractivity contribution in [3.05, 3.63) is 30.3 Å². The van der Waals surface area contributed by atoms with Gasteiger partial charge in [-0.2, -0.15) is 0 Å². The highest BCUT2D eigenvalue weighted by molar-refractivity contribution is 5.81. The lowest BCUT2D eigenvalue weighted by Crippen LogP contribution is -2.40. The lowest BCUT2D eigenvalue weighted by atomic mass is 10.0. The summed E-state index contributed by atoms with van der Waals surface area (Å²) in [7, 11) is 0. The van der Waals surface area contributed by atoms with Crippen LogP contribution >= 0.6 is 0 Å². The molecule has 0 fully saturated rings. The van der Waals surface area contributed by atoms with Crippen molar-refractivity contribution >= 4 is 11.9 Å². The molecule has 5 heteroatoms. The number of nitrogens with one attached hydrogen (secondary N) is 1. The molecule has 1 amide bonds. The average molecular weight is 279 g/mol. The molecule has 0 spiro atoms. The van der Waals surface area contributed by atoms with Crippen molar-refractivity contribution in [2.75, 3.05) is 6.54 Å². The first-order valence-electron chi connectivity index (χ1n) is 6.76. The van der Waals surface area contributed by atoms with Gasteiger partial charge in [-0.05, 0) is 25.5 Å². The molecular formula is C15H21NO4. The summed E-state index contributed by atoms with van der Waals surface area (Å²) >= 11 is 0. The largest absolute Gasteiger partial charge is 0.481 e. The van der Waals surface area contributed by atoms with Crippen LogP contribution in [0.2, 0.25) is 0 Å². The highest BCUT2D eigenvalue weighted by atomic mass is 16.5. The third-order valence-corrected chi connectivity index (χ3v) is 2.93. The zero-order valence-corrected chi connectivity index (χ0v) is 11.8. The molecule has 2 N–H and O–H groups in total. The molecular weight excluding hydrogens is 258 g/mol. The monoisotopic (exact) mass is 279 g/mol. The molecule has 0 heterocycles.